The summed E-state index contributed by atoms with van der Waals surface area (Å²) in [5, 5.41) is 0. The van der Waals surface area contributed by atoms with E-state index in [1.165, 1.54) is 11.8 Å². The van der Waals surface area contributed by atoms with Gasteiger partial charge in [-0.15, -0.1) is 0 Å². The zero-order chi connectivity index (χ0) is 19.4. The van der Waals surface area contributed by atoms with Crippen LogP contribution in [0.4, 0.5) is 0 Å². The summed E-state index contributed by atoms with van der Waals surface area (Å²) < 4.78 is 12.8. The largest absolute Gasteiger partial charge is 0.493 e. The van der Waals surface area contributed by atoms with E-state index in [2.05, 4.69) is 15.9 Å². The monoisotopic (exact) mass is 463 g/mol. The highest BCUT2D eigenvalue weighted by Crippen LogP contribution is 2.39. The van der Waals surface area contributed by atoms with Gasteiger partial charge in [-0.1, -0.05) is 54.3 Å². The van der Waals surface area contributed by atoms with E-state index in [1.54, 1.807) is 12.0 Å². The van der Waals surface area contributed by atoms with Crippen molar-refractivity contribution < 1.29 is 14.3 Å². The van der Waals surface area contributed by atoms with Crippen LogP contribution >= 0.6 is 39.9 Å². The van der Waals surface area contributed by atoms with Gasteiger partial charge in [-0.05, 0) is 52.2 Å². The lowest BCUT2D eigenvalue weighted by atomic mass is 10.1. The quantitative estimate of drug-likeness (QED) is 0.431. The van der Waals surface area contributed by atoms with Crippen LogP contribution in [0.5, 0.6) is 11.5 Å². The molecule has 0 saturated carbocycles. The number of nitrogens with zero attached hydrogens (tertiary/aromatic N) is 1. The van der Waals surface area contributed by atoms with Gasteiger partial charge in [-0.2, -0.15) is 0 Å². The van der Waals surface area contributed by atoms with E-state index < -0.39 is 0 Å². The summed E-state index contributed by atoms with van der Waals surface area (Å²) in [4.78, 5) is 14.6. The molecule has 2 aromatic rings. The molecule has 0 radical (unpaired) electrons. The number of thioether (sulfide) groups is 1. The molecule has 0 unspecified atom stereocenters. The summed E-state index contributed by atoms with van der Waals surface area (Å²) >= 11 is 10.1. The fourth-order valence-electron chi connectivity index (χ4n) is 2.62. The lowest BCUT2D eigenvalue weighted by Crippen LogP contribution is -2.27. The molecule has 1 aliphatic rings. The molecule has 4 nitrogen and oxygen atoms in total. The van der Waals surface area contributed by atoms with Crippen molar-refractivity contribution in [1.29, 1.82) is 0 Å². The number of halogens is 1. The van der Waals surface area contributed by atoms with Crippen LogP contribution in [-0.4, -0.2) is 28.8 Å². The van der Waals surface area contributed by atoms with E-state index in [9.17, 15) is 4.79 Å². The Kier molecular flexibility index (Phi) is 6.57. The van der Waals surface area contributed by atoms with Gasteiger partial charge >= 0.3 is 0 Å². The number of likely N-dealkylation sites (N-methyl/N-ethyl adjacent to an activating group) is 1. The van der Waals surface area contributed by atoms with Gasteiger partial charge in [0.2, 0.25) is 0 Å². The first kappa shape index (κ1) is 19.9. The molecule has 7 heteroatoms. The van der Waals surface area contributed by atoms with Crippen molar-refractivity contribution in [2.45, 2.75) is 13.5 Å². The summed E-state index contributed by atoms with van der Waals surface area (Å²) in [7, 11) is 1.59. The first-order valence-corrected chi connectivity index (χ1v) is 10.3. The number of benzene rings is 2. The predicted molar refractivity (Wildman–Crippen MR) is 117 cm³/mol. The highest BCUT2D eigenvalue weighted by Gasteiger charge is 2.30. The number of carbonyl (C=O) groups is 1. The van der Waals surface area contributed by atoms with Crippen LogP contribution in [0.2, 0.25) is 0 Å². The average Bonchev–Trinajstić information content (AvgIpc) is 2.93. The van der Waals surface area contributed by atoms with Crippen LogP contribution in [0.25, 0.3) is 6.08 Å². The molecule has 0 N–H and O–H groups in total. The molecule has 0 atom stereocenters. The summed E-state index contributed by atoms with van der Waals surface area (Å²) in [5.74, 6) is 1.16. The Morgan fingerprint density at radius 3 is 2.63 bits per heavy atom. The minimum Gasteiger partial charge on any atom is -0.493 e. The fraction of sp³-hybridized carbons (Fsp3) is 0.200. The maximum absolute atomic E-state index is 12.4. The molecule has 0 spiro atoms. The Bertz CT molecular complexity index is 900. The second kappa shape index (κ2) is 8.91. The smallest absolute Gasteiger partial charge is 0.266 e. The summed E-state index contributed by atoms with van der Waals surface area (Å²) in [6.07, 6.45) is 1.82. The summed E-state index contributed by atoms with van der Waals surface area (Å²) in [6.45, 7) is 2.91. The highest BCUT2D eigenvalue weighted by molar-refractivity contribution is 9.10. The third kappa shape index (κ3) is 4.54. The van der Waals surface area contributed by atoms with Gasteiger partial charge in [0.15, 0.2) is 11.5 Å². The fourth-order valence-corrected chi connectivity index (χ4v) is 4.58. The molecular weight excluding hydrogens is 446 g/mol. The van der Waals surface area contributed by atoms with Crippen molar-refractivity contribution >= 4 is 56.2 Å². The van der Waals surface area contributed by atoms with Gasteiger partial charge in [0, 0.05) is 6.54 Å². The standard InChI is InChI=1S/C20H18BrNO3S2/c1-3-22-19(23)17(27-20(22)26)11-14-9-15(21)18(16(10-14)24-2)25-12-13-7-5-4-6-8-13/h4-11H,3,12H2,1-2H3/b17-11-. The first-order chi connectivity index (χ1) is 13.0. The Balaban J connectivity index is 1.85. The molecule has 3 rings (SSSR count). The molecule has 0 bridgehead atoms. The topological polar surface area (TPSA) is 38.8 Å². The van der Waals surface area contributed by atoms with Crippen LogP contribution in [-0.2, 0) is 11.4 Å². The third-order valence-electron chi connectivity index (χ3n) is 3.97. The van der Waals surface area contributed by atoms with Crippen LogP contribution in [0, 0.1) is 0 Å². The minimum atomic E-state index is -0.0630. The van der Waals surface area contributed by atoms with Crippen molar-refractivity contribution in [2.24, 2.45) is 0 Å². The Labute approximate surface area is 176 Å². The zero-order valence-electron chi connectivity index (χ0n) is 14.9. The molecule has 1 fully saturated rings. The lowest BCUT2D eigenvalue weighted by molar-refractivity contribution is -0.121. The van der Waals surface area contributed by atoms with E-state index in [4.69, 9.17) is 21.7 Å². The first-order valence-electron chi connectivity index (χ1n) is 8.33. The van der Waals surface area contributed by atoms with Crippen LogP contribution < -0.4 is 9.47 Å². The predicted octanol–water partition coefficient (Wildman–Crippen LogP) is 5.26. The molecule has 1 aliphatic heterocycles. The minimum absolute atomic E-state index is 0.0630. The zero-order valence-corrected chi connectivity index (χ0v) is 18.1. The highest BCUT2D eigenvalue weighted by atomic mass is 79.9. The molecule has 140 valence electrons. The molecule has 1 heterocycles. The molecule has 0 aliphatic carbocycles. The number of methoxy groups -OCH3 is 1. The number of amides is 1. The lowest BCUT2D eigenvalue weighted by Gasteiger charge is -2.14. The molecular formula is C20H18BrNO3S2. The summed E-state index contributed by atoms with van der Waals surface area (Å²) in [5.41, 5.74) is 1.90. The van der Waals surface area contributed by atoms with Crippen molar-refractivity contribution in [3.8, 4) is 11.5 Å². The normalized spacial score (nSPS) is 15.5. The van der Waals surface area contributed by atoms with E-state index >= 15 is 0 Å². The SMILES string of the molecule is CCN1C(=O)/C(=C/c2cc(Br)c(OCc3ccccc3)c(OC)c2)SC1=S. The number of ether oxygens (including phenoxy) is 2. The van der Waals surface area contributed by atoms with Crippen LogP contribution in [0.3, 0.4) is 0 Å². The second-order valence-electron chi connectivity index (χ2n) is 5.73. The third-order valence-corrected chi connectivity index (χ3v) is 5.93. The maximum Gasteiger partial charge on any atom is 0.266 e. The molecule has 0 aromatic heterocycles. The second-order valence-corrected chi connectivity index (χ2v) is 8.26. The number of rotatable bonds is 6. The van der Waals surface area contributed by atoms with E-state index in [0.717, 1.165) is 15.6 Å². The number of carbonyl (C=O) groups excluding carboxylic acids is 1. The van der Waals surface area contributed by atoms with E-state index in [-0.39, 0.29) is 5.91 Å². The van der Waals surface area contributed by atoms with Gasteiger partial charge in [-0.3, -0.25) is 9.69 Å². The average molecular weight is 464 g/mol. The van der Waals surface area contributed by atoms with Crippen molar-refractivity contribution in [2.75, 3.05) is 13.7 Å². The van der Waals surface area contributed by atoms with E-state index in [0.29, 0.717) is 33.9 Å². The van der Waals surface area contributed by atoms with Crippen molar-refractivity contribution in [3.63, 3.8) is 0 Å². The van der Waals surface area contributed by atoms with Gasteiger partial charge in [0.1, 0.15) is 10.9 Å². The molecule has 1 saturated heterocycles. The maximum atomic E-state index is 12.4. The number of hydrogen-bond donors (Lipinski definition) is 0. The van der Waals surface area contributed by atoms with Gasteiger partial charge in [0.05, 0.1) is 16.5 Å². The molecule has 1 amide bonds. The van der Waals surface area contributed by atoms with E-state index in [1.807, 2.05) is 55.5 Å². The number of hydrogen-bond acceptors (Lipinski definition) is 5. The summed E-state index contributed by atoms with van der Waals surface area (Å²) in [6, 6.07) is 13.7. The Morgan fingerprint density at radius 2 is 2.00 bits per heavy atom. The molecule has 2 aromatic carbocycles. The number of thiocarbonyl (C=S) groups is 1. The van der Waals surface area contributed by atoms with Gasteiger partial charge in [-0.25, -0.2) is 0 Å². The van der Waals surface area contributed by atoms with Crippen molar-refractivity contribution in [3.05, 3.63) is 63.0 Å². The molecule has 27 heavy (non-hydrogen) atoms. The Hall–Kier alpha value is -1.83. The van der Waals surface area contributed by atoms with Crippen LogP contribution in [0.15, 0.2) is 51.8 Å². The Morgan fingerprint density at radius 1 is 1.26 bits per heavy atom. The van der Waals surface area contributed by atoms with Gasteiger partial charge in [0.25, 0.3) is 5.91 Å². The van der Waals surface area contributed by atoms with Crippen LogP contribution in [0.1, 0.15) is 18.1 Å². The van der Waals surface area contributed by atoms with Gasteiger partial charge < -0.3 is 9.47 Å². The van der Waals surface area contributed by atoms with Crippen molar-refractivity contribution in [1.82, 2.24) is 4.90 Å².